The summed E-state index contributed by atoms with van der Waals surface area (Å²) in [5.74, 6) is 0.0409. The van der Waals surface area contributed by atoms with E-state index >= 15 is 0 Å². The van der Waals surface area contributed by atoms with Crippen LogP contribution >= 0.6 is 27.3 Å². The molecule has 0 aliphatic carbocycles. The van der Waals surface area contributed by atoms with Gasteiger partial charge in [-0.2, -0.15) is 0 Å². The van der Waals surface area contributed by atoms with Gasteiger partial charge in [-0.25, -0.2) is 0 Å². The largest absolute Gasteiger partial charge is 0.385 e. The van der Waals surface area contributed by atoms with Crippen molar-refractivity contribution in [2.45, 2.75) is 32.2 Å². The van der Waals surface area contributed by atoms with Crippen LogP contribution in [0.4, 0.5) is 0 Å². The van der Waals surface area contributed by atoms with E-state index in [0.29, 0.717) is 6.04 Å². The summed E-state index contributed by atoms with van der Waals surface area (Å²) in [5, 5.41) is 4.07. The number of halogens is 1. The van der Waals surface area contributed by atoms with E-state index in [4.69, 9.17) is 4.84 Å². The maximum atomic E-state index is 12.3. The number of carbonyl (C=O) groups excluding carboxylic acids is 1. The van der Waals surface area contributed by atoms with E-state index in [2.05, 4.69) is 26.0 Å². The van der Waals surface area contributed by atoms with E-state index in [1.807, 2.05) is 24.0 Å². The minimum absolute atomic E-state index is 0.0244. The molecule has 0 aromatic carbocycles. The summed E-state index contributed by atoms with van der Waals surface area (Å²) in [7, 11) is 0. The van der Waals surface area contributed by atoms with Gasteiger partial charge in [0.1, 0.15) is 0 Å². The van der Waals surface area contributed by atoms with Crippen molar-refractivity contribution >= 4 is 38.9 Å². The first-order chi connectivity index (χ1) is 11.1. The first-order valence-electron chi connectivity index (χ1n) is 8.07. The van der Waals surface area contributed by atoms with Crippen molar-refractivity contribution in [3.8, 4) is 0 Å². The first-order valence-corrected chi connectivity index (χ1v) is 9.68. The van der Waals surface area contributed by atoms with Crippen molar-refractivity contribution in [3.05, 3.63) is 20.8 Å². The summed E-state index contributed by atoms with van der Waals surface area (Å²) < 4.78 is 1.06. The van der Waals surface area contributed by atoms with E-state index < -0.39 is 0 Å². The lowest BCUT2D eigenvalue weighted by Gasteiger charge is -2.43. The smallest absolute Gasteiger partial charge is 0.263 e. The molecule has 7 heteroatoms. The number of carbonyl (C=O) groups is 1. The molecule has 0 bridgehead atoms. The Kier molecular flexibility index (Phi) is 5.71. The topological polar surface area (TPSA) is 45.1 Å². The minimum atomic E-state index is 0.0244. The number of oxime groups is 1. The fourth-order valence-electron chi connectivity index (χ4n) is 3.21. The zero-order valence-corrected chi connectivity index (χ0v) is 15.7. The van der Waals surface area contributed by atoms with Gasteiger partial charge in [0.2, 0.25) is 0 Å². The quantitative estimate of drug-likeness (QED) is 0.577. The molecule has 0 spiro atoms. The maximum absolute atomic E-state index is 12.3. The van der Waals surface area contributed by atoms with Gasteiger partial charge in [-0.3, -0.25) is 9.69 Å². The standard InChI is InChI=1S/C16H22BrN3O2S/c1-12(14-5-6-15(17)23-14)18-22-11-16(21)20-9-8-19-7-3-2-4-13(19)10-20/h5-6,13H,2-4,7-11H2,1H3/b18-12+. The molecular formula is C16H22BrN3O2S. The zero-order valence-electron chi connectivity index (χ0n) is 13.3. The van der Waals surface area contributed by atoms with Gasteiger partial charge in [-0.05, 0) is 54.4 Å². The van der Waals surface area contributed by atoms with Crippen molar-refractivity contribution in [1.82, 2.24) is 9.80 Å². The summed E-state index contributed by atoms with van der Waals surface area (Å²) in [5.41, 5.74) is 0.797. The Morgan fingerprint density at radius 1 is 1.39 bits per heavy atom. The van der Waals surface area contributed by atoms with Gasteiger partial charge in [-0.1, -0.05) is 11.6 Å². The highest BCUT2D eigenvalue weighted by Crippen LogP contribution is 2.23. The Hall–Kier alpha value is -0.920. The summed E-state index contributed by atoms with van der Waals surface area (Å²) in [4.78, 5) is 23.1. The molecule has 1 aromatic rings. The third kappa shape index (κ3) is 4.33. The third-order valence-corrected chi connectivity index (χ3v) is 6.24. The van der Waals surface area contributed by atoms with Crippen LogP contribution in [0.25, 0.3) is 0 Å². The van der Waals surface area contributed by atoms with Gasteiger partial charge in [0, 0.05) is 25.7 Å². The molecule has 2 saturated heterocycles. The molecule has 3 rings (SSSR count). The van der Waals surface area contributed by atoms with Crippen LogP contribution in [0.5, 0.6) is 0 Å². The van der Waals surface area contributed by atoms with Crippen molar-refractivity contribution < 1.29 is 9.63 Å². The molecule has 2 fully saturated rings. The summed E-state index contributed by atoms with van der Waals surface area (Å²) in [6.07, 6.45) is 3.77. The molecule has 1 amide bonds. The molecule has 1 unspecified atom stereocenters. The van der Waals surface area contributed by atoms with E-state index in [-0.39, 0.29) is 12.5 Å². The van der Waals surface area contributed by atoms with E-state index in [0.717, 1.165) is 34.0 Å². The molecule has 2 aliphatic heterocycles. The molecule has 23 heavy (non-hydrogen) atoms. The lowest BCUT2D eigenvalue weighted by atomic mass is 9.99. The second-order valence-electron chi connectivity index (χ2n) is 6.08. The van der Waals surface area contributed by atoms with Crippen LogP contribution in [-0.2, 0) is 9.63 Å². The maximum Gasteiger partial charge on any atom is 0.263 e. The van der Waals surface area contributed by atoms with Crippen molar-refractivity contribution in [3.63, 3.8) is 0 Å². The van der Waals surface area contributed by atoms with Gasteiger partial charge in [0.25, 0.3) is 5.91 Å². The molecule has 3 heterocycles. The summed E-state index contributed by atoms with van der Waals surface area (Å²) in [6, 6.07) is 4.50. The number of piperazine rings is 1. The first kappa shape index (κ1) is 16.9. The number of rotatable bonds is 4. The third-order valence-electron chi connectivity index (χ3n) is 4.51. The Morgan fingerprint density at radius 3 is 3.04 bits per heavy atom. The number of hydrogen-bond acceptors (Lipinski definition) is 5. The van der Waals surface area contributed by atoms with Crippen LogP contribution < -0.4 is 0 Å². The predicted molar refractivity (Wildman–Crippen MR) is 96.0 cm³/mol. The zero-order chi connectivity index (χ0) is 16.2. The highest BCUT2D eigenvalue weighted by atomic mass is 79.9. The molecular weight excluding hydrogens is 378 g/mol. The fraction of sp³-hybridized carbons (Fsp3) is 0.625. The summed E-state index contributed by atoms with van der Waals surface area (Å²) >= 11 is 5.03. The van der Waals surface area contributed by atoms with Crippen molar-refractivity contribution in [2.24, 2.45) is 5.16 Å². The van der Waals surface area contributed by atoms with Crippen LogP contribution in [0.3, 0.4) is 0 Å². The van der Waals surface area contributed by atoms with E-state index in [1.165, 1.54) is 25.8 Å². The lowest BCUT2D eigenvalue weighted by molar-refractivity contribution is -0.139. The number of hydrogen-bond donors (Lipinski definition) is 0. The second-order valence-corrected chi connectivity index (χ2v) is 8.54. The average Bonchev–Trinajstić information content (AvgIpc) is 3.00. The van der Waals surface area contributed by atoms with Gasteiger partial charge >= 0.3 is 0 Å². The molecule has 2 aliphatic rings. The number of piperidine rings is 1. The second kappa shape index (κ2) is 7.77. The van der Waals surface area contributed by atoms with Crippen molar-refractivity contribution in [1.29, 1.82) is 0 Å². The van der Waals surface area contributed by atoms with Gasteiger partial charge in [0.05, 0.1) is 14.4 Å². The Balaban J connectivity index is 1.47. The highest BCUT2D eigenvalue weighted by molar-refractivity contribution is 9.11. The normalized spacial score (nSPS) is 22.8. The number of nitrogens with zero attached hydrogens (tertiary/aromatic N) is 3. The Morgan fingerprint density at radius 2 is 2.26 bits per heavy atom. The van der Waals surface area contributed by atoms with Crippen molar-refractivity contribution in [2.75, 3.05) is 32.8 Å². The minimum Gasteiger partial charge on any atom is -0.385 e. The molecule has 5 nitrogen and oxygen atoms in total. The fourth-order valence-corrected chi connectivity index (χ4v) is 4.53. The van der Waals surface area contributed by atoms with Gasteiger partial charge in [0.15, 0.2) is 6.61 Å². The summed E-state index contributed by atoms with van der Waals surface area (Å²) in [6.45, 7) is 5.73. The van der Waals surface area contributed by atoms with Crippen LogP contribution in [0.1, 0.15) is 31.1 Å². The SMILES string of the molecule is C/C(=N\OCC(=O)N1CCN2CCCCC2C1)c1ccc(Br)s1. The number of fused-ring (bicyclic) bond motifs is 1. The lowest BCUT2D eigenvalue weighted by Crippen LogP contribution is -2.56. The van der Waals surface area contributed by atoms with Gasteiger partial charge in [-0.15, -0.1) is 11.3 Å². The van der Waals surface area contributed by atoms with Gasteiger partial charge < -0.3 is 9.74 Å². The monoisotopic (exact) mass is 399 g/mol. The average molecular weight is 400 g/mol. The van der Waals surface area contributed by atoms with Crippen LogP contribution in [0.2, 0.25) is 0 Å². The molecule has 1 atom stereocenters. The highest BCUT2D eigenvalue weighted by Gasteiger charge is 2.30. The molecule has 0 radical (unpaired) electrons. The Labute approximate surface area is 149 Å². The van der Waals surface area contributed by atoms with Crippen LogP contribution in [-0.4, -0.2) is 60.2 Å². The Bertz CT molecular complexity index is 590. The van der Waals surface area contributed by atoms with E-state index in [1.54, 1.807) is 11.3 Å². The van der Waals surface area contributed by atoms with E-state index in [9.17, 15) is 4.79 Å². The molecule has 1 aromatic heterocycles. The van der Waals surface area contributed by atoms with Crippen LogP contribution in [0.15, 0.2) is 21.1 Å². The molecule has 0 N–H and O–H groups in total. The molecule has 0 saturated carbocycles. The number of amides is 1. The predicted octanol–water partition coefficient (Wildman–Crippen LogP) is 2.95. The van der Waals surface area contributed by atoms with Crippen LogP contribution in [0, 0.1) is 0 Å². The number of thiophene rings is 1. The molecule has 126 valence electrons.